The van der Waals surface area contributed by atoms with Crippen LogP contribution in [0.25, 0.3) is 0 Å². The van der Waals surface area contributed by atoms with Gasteiger partial charge in [-0.3, -0.25) is 4.90 Å². The highest BCUT2D eigenvalue weighted by Crippen LogP contribution is 2.31. The molecule has 0 bridgehead atoms. The van der Waals surface area contributed by atoms with E-state index in [2.05, 4.69) is 0 Å². The third kappa shape index (κ3) is 1.41. The third-order valence-corrected chi connectivity index (χ3v) is 2.50. The van der Waals surface area contributed by atoms with Crippen molar-refractivity contribution in [1.82, 2.24) is 0 Å². The van der Waals surface area contributed by atoms with E-state index in [4.69, 9.17) is 10.8 Å². The van der Waals surface area contributed by atoms with E-state index in [-0.39, 0.29) is 0 Å². The van der Waals surface area contributed by atoms with Crippen LogP contribution in [-0.2, 0) is 11.2 Å². The maximum absolute atomic E-state index is 11.2. The third-order valence-electron chi connectivity index (χ3n) is 2.50. The van der Waals surface area contributed by atoms with Gasteiger partial charge >= 0.3 is 12.0 Å². The first-order valence-corrected chi connectivity index (χ1v) is 4.50. The van der Waals surface area contributed by atoms with Crippen molar-refractivity contribution in [3.63, 3.8) is 0 Å². The number of carboxylic acid groups (broad SMARTS) is 1. The Morgan fingerprint density at radius 1 is 1.40 bits per heavy atom. The predicted molar refractivity (Wildman–Crippen MR) is 53.6 cm³/mol. The van der Waals surface area contributed by atoms with Crippen LogP contribution in [0.15, 0.2) is 24.3 Å². The molecule has 0 spiro atoms. The Morgan fingerprint density at radius 3 is 2.67 bits per heavy atom. The van der Waals surface area contributed by atoms with E-state index in [1.165, 1.54) is 0 Å². The minimum atomic E-state index is -1.04. The number of primary amides is 1. The van der Waals surface area contributed by atoms with Crippen molar-refractivity contribution in [1.29, 1.82) is 0 Å². The van der Waals surface area contributed by atoms with Crippen molar-refractivity contribution >= 4 is 17.7 Å². The number of anilines is 1. The quantitative estimate of drug-likeness (QED) is 0.705. The molecule has 0 saturated heterocycles. The second-order valence-electron chi connectivity index (χ2n) is 3.40. The zero-order valence-electron chi connectivity index (χ0n) is 7.88. The van der Waals surface area contributed by atoms with Crippen molar-refractivity contribution in [2.45, 2.75) is 12.5 Å². The second-order valence-corrected chi connectivity index (χ2v) is 3.40. The average molecular weight is 206 g/mol. The molecule has 5 heteroatoms. The molecule has 0 fully saturated rings. The summed E-state index contributed by atoms with van der Waals surface area (Å²) >= 11 is 0. The number of amides is 2. The standard InChI is InChI=1S/C10H10N2O3/c11-10(15)12-7-4-2-1-3-6(7)5-8(12)9(13)14/h1-4,8H,5H2,(H2,11,15)(H,13,14)/t8-/m1/s1. The highest BCUT2D eigenvalue weighted by molar-refractivity contribution is 6.00. The molecule has 0 radical (unpaired) electrons. The molecule has 3 N–H and O–H groups in total. The molecule has 1 aromatic carbocycles. The Morgan fingerprint density at radius 2 is 2.07 bits per heavy atom. The van der Waals surface area contributed by atoms with Gasteiger partial charge < -0.3 is 10.8 Å². The number of nitrogens with two attached hydrogens (primary N) is 1. The van der Waals surface area contributed by atoms with Crippen LogP contribution in [0.5, 0.6) is 0 Å². The summed E-state index contributed by atoms with van der Waals surface area (Å²) in [6, 6.07) is 5.45. The maximum Gasteiger partial charge on any atom is 0.327 e. The Hall–Kier alpha value is -2.04. The van der Waals surface area contributed by atoms with E-state index in [1.807, 2.05) is 6.07 Å². The van der Waals surface area contributed by atoms with Gasteiger partial charge in [0.25, 0.3) is 0 Å². The fraction of sp³-hybridized carbons (Fsp3) is 0.200. The molecule has 78 valence electrons. The smallest absolute Gasteiger partial charge is 0.327 e. The number of benzene rings is 1. The second kappa shape index (κ2) is 3.27. The highest BCUT2D eigenvalue weighted by atomic mass is 16.4. The normalized spacial score (nSPS) is 18.7. The zero-order valence-corrected chi connectivity index (χ0v) is 7.88. The molecular weight excluding hydrogens is 196 g/mol. The first kappa shape index (κ1) is 9.51. The molecule has 0 saturated carbocycles. The Labute approximate surface area is 86.1 Å². The highest BCUT2D eigenvalue weighted by Gasteiger charge is 2.37. The molecule has 1 aliphatic rings. The number of hydrogen-bond acceptors (Lipinski definition) is 2. The van der Waals surface area contributed by atoms with Crippen molar-refractivity contribution in [3.05, 3.63) is 29.8 Å². The molecule has 15 heavy (non-hydrogen) atoms. The summed E-state index contributed by atoms with van der Waals surface area (Å²) in [6.07, 6.45) is 0.314. The molecule has 0 unspecified atom stereocenters. The Kier molecular flexibility index (Phi) is 2.07. The lowest BCUT2D eigenvalue weighted by Gasteiger charge is -2.19. The summed E-state index contributed by atoms with van der Waals surface area (Å²) in [5.41, 5.74) is 6.60. The monoisotopic (exact) mass is 206 g/mol. The van der Waals surface area contributed by atoms with Crippen LogP contribution in [-0.4, -0.2) is 23.1 Å². The fourth-order valence-corrected chi connectivity index (χ4v) is 1.86. The van der Waals surface area contributed by atoms with Crippen LogP contribution < -0.4 is 10.6 Å². The van der Waals surface area contributed by atoms with Crippen LogP contribution in [0.3, 0.4) is 0 Å². The Balaban J connectivity index is 2.46. The molecule has 2 rings (SSSR count). The molecule has 2 amide bonds. The van der Waals surface area contributed by atoms with E-state index in [1.54, 1.807) is 18.2 Å². The van der Waals surface area contributed by atoms with Crippen LogP contribution in [0.1, 0.15) is 5.56 Å². The number of carbonyl (C=O) groups excluding carboxylic acids is 1. The summed E-state index contributed by atoms with van der Waals surface area (Å²) < 4.78 is 0. The van der Waals surface area contributed by atoms with Crippen molar-refractivity contribution < 1.29 is 14.7 Å². The summed E-state index contributed by atoms with van der Waals surface area (Å²) in [5, 5.41) is 8.96. The number of fused-ring (bicyclic) bond motifs is 1. The summed E-state index contributed by atoms with van der Waals surface area (Å²) in [4.78, 5) is 23.2. The lowest BCUT2D eigenvalue weighted by Crippen LogP contribution is -2.45. The lowest BCUT2D eigenvalue weighted by atomic mass is 10.1. The topological polar surface area (TPSA) is 83.6 Å². The van der Waals surface area contributed by atoms with Gasteiger partial charge in [-0.1, -0.05) is 18.2 Å². The van der Waals surface area contributed by atoms with Gasteiger partial charge in [-0.05, 0) is 11.6 Å². The maximum atomic E-state index is 11.2. The first-order valence-electron chi connectivity index (χ1n) is 4.50. The summed E-state index contributed by atoms with van der Waals surface area (Å²) in [7, 11) is 0. The van der Waals surface area contributed by atoms with Gasteiger partial charge in [0.1, 0.15) is 6.04 Å². The zero-order chi connectivity index (χ0) is 11.0. The van der Waals surface area contributed by atoms with Crippen LogP contribution in [0.2, 0.25) is 0 Å². The molecule has 1 atom stereocenters. The molecule has 1 aliphatic heterocycles. The van der Waals surface area contributed by atoms with Crippen LogP contribution in [0, 0.1) is 0 Å². The first-order chi connectivity index (χ1) is 7.11. The van der Waals surface area contributed by atoms with Crippen molar-refractivity contribution in [2.75, 3.05) is 4.90 Å². The molecule has 1 heterocycles. The molecule has 0 aromatic heterocycles. The predicted octanol–water partition coefficient (Wildman–Crippen LogP) is 0.581. The number of rotatable bonds is 1. The van der Waals surface area contributed by atoms with Crippen molar-refractivity contribution in [2.24, 2.45) is 5.73 Å². The van der Waals surface area contributed by atoms with Crippen molar-refractivity contribution in [3.8, 4) is 0 Å². The van der Waals surface area contributed by atoms with E-state index in [0.717, 1.165) is 10.5 Å². The van der Waals surface area contributed by atoms with Gasteiger partial charge in [-0.25, -0.2) is 9.59 Å². The Bertz CT molecular complexity index is 430. The minimum Gasteiger partial charge on any atom is -0.480 e. The van der Waals surface area contributed by atoms with Gasteiger partial charge in [-0.15, -0.1) is 0 Å². The molecule has 1 aromatic rings. The van der Waals surface area contributed by atoms with E-state index in [0.29, 0.717) is 12.1 Å². The number of urea groups is 1. The minimum absolute atomic E-state index is 0.314. The number of hydrogen-bond donors (Lipinski definition) is 2. The molecular formula is C10H10N2O3. The molecule has 5 nitrogen and oxygen atoms in total. The van der Waals surface area contributed by atoms with Gasteiger partial charge in [0.2, 0.25) is 0 Å². The van der Waals surface area contributed by atoms with Crippen LogP contribution >= 0.6 is 0 Å². The van der Waals surface area contributed by atoms with Crippen LogP contribution in [0.4, 0.5) is 10.5 Å². The van der Waals surface area contributed by atoms with E-state index >= 15 is 0 Å². The number of nitrogens with zero attached hydrogens (tertiary/aromatic N) is 1. The van der Waals surface area contributed by atoms with Gasteiger partial charge in [-0.2, -0.15) is 0 Å². The number of aliphatic carboxylic acids is 1. The number of para-hydroxylation sites is 1. The average Bonchev–Trinajstić information content (AvgIpc) is 2.56. The van der Waals surface area contributed by atoms with E-state index in [9.17, 15) is 9.59 Å². The summed E-state index contributed by atoms with van der Waals surface area (Å²) in [5.74, 6) is -1.04. The molecule has 0 aliphatic carbocycles. The van der Waals surface area contributed by atoms with Gasteiger partial charge in [0.15, 0.2) is 0 Å². The van der Waals surface area contributed by atoms with Gasteiger partial charge in [0.05, 0.1) is 0 Å². The lowest BCUT2D eigenvalue weighted by molar-refractivity contribution is -0.138. The summed E-state index contributed by atoms with van der Waals surface area (Å²) in [6.45, 7) is 0. The number of carboxylic acids is 1. The SMILES string of the molecule is NC(=O)N1c2ccccc2C[C@@H]1C(=O)O. The van der Waals surface area contributed by atoms with Gasteiger partial charge in [0, 0.05) is 12.1 Å². The number of carbonyl (C=O) groups is 2. The van der Waals surface area contributed by atoms with E-state index < -0.39 is 18.0 Å². The fourth-order valence-electron chi connectivity index (χ4n) is 1.86. The largest absolute Gasteiger partial charge is 0.480 e.